The van der Waals surface area contributed by atoms with E-state index in [9.17, 15) is 31.8 Å². The van der Waals surface area contributed by atoms with Gasteiger partial charge in [-0.05, 0) is 55.7 Å². The van der Waals surface area contributed by atoms with Crippen LogP contribution in [0.4, 0.5) is 13.2 Å². The van der Waals surface area contributed by atoms with Gasteiger partial charge in [0.25, 0.3) is 0 Å². The predicted molar refractivity (Wildman–Crippen MR) is 162 cm³/mol. The fraction of sp³-hybridized carbons (Fsp3) is 0.483. The van der Waals surface area contributed by atoms with Crippen molar-refractivity contribution in [2.45, 2.75) is 61.6 Å². The Morgan fingerprint density at radius 2 is 1.96 bits per heavy atom. The third-order valence-electron chi connectivity index (χ3n) is 9.62. The number of aliphatic hydroxyl groups is 2. The highest BCUT2D eigenvalue weighted by atomic mass is 35.5. The lowest BCUT2D eigenvalue weighted by Crippen LogP contribution is -2.53. The minimum Gasteiger partial charge on any atom is -0.393 e. The summed E-state index contributed by atoms with van der Waals surface area (Å²) in [5.41, 5.74) is 0.453. The van der Waals surface area contributed by atoms with E-state index in [0.717, 1.165) is 12.3 Å². The molecule has 6 atom stereocenters. The molecule has 3 fully saturated rings. The van der Waals surface area contributed by atoms with Crippen LogP contribution in [0.2, 0.25) is 5.02 Å². The maximum absolute atomic E-state index is 14.1. The summed E-state index contributed by atoms with van der Waals surface area (Å²) in [6.07, 6.45) is 4.77. The summed E-state index contributed by atoms with van der Waals surface area (Å²) in [6, 6.07) is 3.85. The largest absolute Gasteiger partial charge is 0.393 e. The molecule has 1 aromatic carbocycles. The number of alkyl halides is 2. The molecule has 240 valence electrons. The van der Waals surface area contributed by atoms with Crippen LogP contribution in [-0.4, -0.2) is 74.2 Å². The van der Waals surface area contributed by atoms with E-state index in [1.165, 1.54) is 29.5 Å². The van der Waals surface area contributed by atoms with Gasteiger partial charge in [-0.3, -0.25) is 4.99 Å². The first-order valence-corrected chi connectivity index (χ1v) is 17.4. The standard InChI is InChI=1S/C29H30ClF3N6O4S2/c30-21-11-17(31)3-4-20(21)25-24(22-5-7-39(36-22)28(32)33)23-12-18(13-38(23)26(35-25)27-34-6-8-44-27)37-45(42,43)19-9-15-1-2-16(10-19)29(15,41)14-40/h3-8,11,15-16,18-19,25,28,37,40-41H,1-2,9-10,12-14H2/t15-,16?,18-,19?,25-,29?/m0/s1. The van der Waals surface area contributed by atoms with Crippen LogP contribution in [0.15, 0.2) is 52.7 Å². The third-order valence-corrected chi connectivity index (χ3v) is 12.6. The summed E-state index contributed by atoms with van der Waals surface area (Å²) in [5, 5.41) is 26.6. The Balaban J connectivity index is 1.28. The van der Waals surface area contributed by atoms with Gasteiger partial charge in [0.2, 0.25) is 10.0 Å². The van der Waals surface area contributed by atoms with Crippen LogP contribution < -0.4 is 4.72 Å². The molecule has 3 unspecified atom stereocenters. The number of fused-ring (bicyclic) bond motifs is 3. The third kappa shape index (κ3) is 5.30. The number of rotatable bonds is 8. The summed E-state index contributed by atoms with van der Waals surface area (Å²) in [4.78, 5) is 11.3. The summed E-state index contributed by atoms with van der Waals surface area (Å²) in [5.74, 6) is -0.707. The molecule has 2 aliphatic heterocycles. The van der Waals surface area contributed by atoms with E-state index in [2.05, 4.69) is 14.8 Å². The van der Waals surface area contributed by atoms with Crippen LogP contribution in [0.3, 0.4) is 0 Å². The average molecular weight is 683 g/mol. The van der Waals surface area contributed by atoms with E-state index < -0.39 is 51.9 Å². The monoisotopic (exact) mass is 682 g/mol. The van der Waals surface area contributed by atoms with Gasteiger partial charge >= 0.3 is 6.55 Å². The van der Waals surface area contributed by atoms with E-state index in [-0.39, 0.29) is 48.4 Å². The molecule has 2 saturated carbocycles. The second-order valence-electron chi connectivity index (χ2n) is 12.1. The number of amidine groups is 1. The van der Waals surface area contributed by atoms with Crippen LogP contribution >= 0.6 is 22.9 Å². The number of aromatic nitrogens is 3. The highest BCUT2D eigenvalue weighted by molar-refractivity contribution is 7.90. The van der Waals surface area contributed by atoms with Crippen LogP contribution in [0.1, 0.15) is 61.0 Å². The highest BCUT2D eigenvalue weighted by Crippen LogP contribution is 2.51. The van der Waals surface area contributed by atoms with Crippen molar-refractivity contribution in [3.63, 3.8) is 0 Å². The number of halogens is 4. The summed E-state index contributed by atoms with van der Waals surface area (Å²) in [7, 11) is -3.86. The molecule has 3 N–H and O–H groups in total. The zero-order valence-corrected chi connectivity index (χ0v) is 26.1. The van der Waals surface area contributed by atoms with Crippen LogP contribution in [0, 0.1) is 17.7 Å². The number of benzene rings is 1. The maximum atomic E-state index is 14.1. The molecule has 0 spiro atoms. The lowest BCUT2D eigenvalue weighted by molar-refractivity contribution is -0.0944. The Bertz CT molecular complexity index is 1770. The predicted octanol–water partition coefficient (Wildman–Crippen LogP) is 4.35. The molecule has 10 nitrogen and oxygen atoms in total. The van der Waals surface area contributed by atoms with Crippen molar-refractivity contribution in [1.82, 2.24) is 24.4 Å². The van der Waals surface area contributed by atoms with Crippen molar-refractivity contribution in [1.29, 1.82) is 0 Å². The molecule has 2 aromatic heterocycles. The Kier molecular flexibility index (Phi) is 7.84. The topological polar surface area (TPSA) is 133 Å². The number of aliphatic imine (C=N–C) groups is 1. The van der Waals surface area contributed by atoms with Crippen molar-refractivity contribution < 1.29 is 31.8 Å². The molecule has 0 radical (unpaired) electrons. The van der Waals surface area contributed by atoms with E-state index in [1.807, 2.05) is 4.90 Å². The quantitative estimate of drug-likeness (QED) is 0.322. The molecular weight excluding hydrogens is 653 g/mol. The number of nitrogens with zero attached hydrogens (tertiary/aromatic N) is 5. The van der Waals surface area contributed by atoms with Crippen molar-refractivity contribution in [3.8, 4) is 0 Å². The molecule has 1 saturated heterocycles. The van der Waals surface area contributed by atoms with Crippen molar-refractivity contribution in [3.05, 3.63) is 74.8 Å². The van der Waals surface area contributed by atoms with Gasteiger partial charge in [0.15, 0.2) is 10.8 Å². The number of hydrogen-bond acceptors (Lipinski definition) is 9. The zero-order chi connectivity index (χ0) is 31.7. The zero-order valence-electron chi connectivity index (χ0n) is 23.7. The Labute approximate surface area is 266 Å². The number of thiazole rings is 1. The van der Waals surface area contributed by atoms with Crippen LogP contribution in [0.25, 0.3) is 5.57 Å². The lowest BCUT2D eigenvalue weighted by atomic mass is 9.75. The Morgan fingerprint density at radius 1 is 1.20 bits per heavy atom. The Morgan fingerprint density at radius 3 is 2.58 bits per heavy atom. The molecule has 2 bridgehead atoms. The SMILES string of the molecule is O=S(=O)(N[C@H]1CC2=C(c3ccn(C(F)F)n3)[C@H](c3ccc(F)cc3Cl)N=C(c3nccs3)N2C1)C1CC2CC[C@@H](C1)C2(O)CO. The first-order chi connectivity index (χ1) is 21.5. The smallest absolute Gasteiger partial charge is 0.333 e. The van der Waals surface area contributed by atoms with Gasteiger partial charge in [0, 0.05) is 58.6 Å². The van der Waals surface area contributed by atoms with Gasteiger partial charge in [-0.25, -0.2) is 27.2 Å². The van der Waals surface area contributed by atoms with Gasteiger partial charge in [-0.2, -0.15) is 13.9 Å². The maximum Gasteiger partial charge on any atom is 0.333 e. The van der Waals surface area contributed by atoms with Crippen molar-refractivity contribution >= 4 is 44.4 Å². The number of aliphatic hydroxyl groups excluding tert-OH is 1. The Hall–Kier alpha value is -2.82. The van der Waals surface area contributed by atoms with E-state index in [0.29, 0.717) is 45.2 Å². The molecule has 16 heteroatoms. The van der Waals surface area contributed by atoms with Crippen LogP contribution in [-0.2, 0) is 10.0 Å². The highest BCUT2D eigenvalue weighted by Gasteiger charge is 2.55. The number of sulfonamides is 1. The second-order valence-corrected chi connectivity index (χ2v) is 15.4. The molecule has 4 aliphatic rings. The van der Waals surface area contributed by atoms with E-state index in [4.69, 9.17) is 16.6 Å². The second kappa shape index (κ2) is 11.5. The molecule has 0 amide bonds. The molecule has 45 heavy (non-hydrogen) atoms. The van der Waals surface area contributed by atoms with E-state index in [1.54, 1.807) is 11.6 Å². The molecule has 4 heterocycles. The van der Waals surface area contributed by atoms with Gasteiger partial charge < -0.3 is 15.1 Å². The van der Waals surface area contributed by atoms with Gasteiger partial charge in [0.1, 0.15) is 11.9 Å². The minimum atomic E-state index is -3.86. The van der Waals surface area contributed by atoms with Crippen LogP contribution in [0.5, 0.6) is 0 Å². The summed E-state index contributed by atoms with van der Waals surface area (Å²) < 4.78 is 72.3. The molecule has 7 rings (SSSR count). The van der Waals surface area contributed by atoms with Gasteiger partial charge in [-0.1, -0.05) is 17.7 Å². The molecular formula is C29H30ClF3N6O4S2. The summed E-state index contributed by atoms with van der Waals surface area (Å²) in [6.45, 7) is -3.09. The molecule has 3 aromatic rings. The normalized spacial score (nSPS) is 29.9. The fourth-order valence-corrected chi connectivity index (χ4v) is 10.2. The fourth-order valence-electron chi connectivity index (χ4n) is 7.48. The summed E-state index contributed by atoms with van der Waals surface area (Å²) >= 11 is 7.85. The minimum absolute atomic E-state index is 0.0899. The number of nitrogens with one attached hydrogen (secondary N) is 1. The van der Waals surface area contributed by atoms with Crippen molar-refractivity contribution in [2.75, 3.05) is 13.2 Å². The number of hydrogen-bond donors (Lipinski definition) is 3. The van der Waals surface area contributed by atoms with Crippen molar-refractivity contribution in [2.24, 2.45) is 16.8 Å². The van der Waals surface area contributed by atoms with Gasteiger partial charge in [-0.15, -0.1) is 11.3 Å². The first-order valence-electron chi connectivity index (χ1n) is 14.6. The van der Waals surface area contributed by atoms with E-state index >= 15 is 0 Å². The van der Waals surface area contributed by atoms with Gasteiger partial charge in [0.05, 0.1) is 23.2 Å². The lowest BCUT2D eigenvalue weighted by Gasteiger charge is -2.41. The average Bonchev–Trinajstić information content (AvgIpc) is 3.79. The molecule has 2 aliphatic carbocycles. The first kappa shape index (κ1) is 30.8.